The molecule has 2 aliphatic heterocycles. The van der Waals surface area contributed by atoms with Crippen molar-refractivity contribution in [2.75, 3.05) is 57.8 Å². The number of rotatable bonds is 7. The van der Waals surface area contributed by atoms with Crippen molar-refractivity contribution in [3.63, 3.8) is 0 Å². The Kier molecular flexibility index (Phi) is 7.47. The van der Waals surface area contributed by atoms with E-state index in [1.807, 2.05) is 12.1 Å². The summed E-state index contributed by atoms with van der Waals surface area (Å²) in [5, 5.41) is 3.06. The molecule has 150 valence electrons. The number of aromatic nitrogens is 1. The molecule has 2 fully saturated rings. The molecule has 1 aromatic rings. The molecule has 2 saturated heterocycles. The Labute approximate surface area is 163 Å². The van der Waals surface area contributed by atoms with Gasteiger partial charge in [-0.25, -0.2) is 4.98 Å². The standard InChI is InChI=1S/C21H35N5O/c1-3-11-25-13-15-26(16-14-25)20-8-7-18(17-23-20)21(27)22-10-9-19-6-4-5-12-24(19)2/h7-8,17,19H,3-6,9-16H2,1-2H3,(H,22,27)/t19-/m0/s1. The lowest BCUT2D eigenvalue weighted by molar-refractivity contribution is 0.0945. The normalized spacial score (nSPS) is 22.0. The van der Waals surface area contributed by atoms with Crippen LogP contribution in [0, 0.1) is 0 Å². The van der Waals surface area contributed by atoms with Gasteiger partial charge in [0, 0.05) is 45.0 Å². The van der Waals surface area contributed by atoms with Gasteiger partial charge in [0.15, 0.2) is 0 Å². The molecule has 0 unspecified atom stereocenters. The molecule has 6 heteroatoms. The highest BCUT2D eigenvalue weighted by Gasteiger charge is 2.19. The van der Waals surface area contributed by atoms with Crippen LogP contribution >= 0.6 is 0 Å². The lowest BCUT2D eigenvalue weighted by Crippen LogP contribution is -2.46. The van der Waals surface area contributed by atoms with Gasteiger partial charge < -0.3 is 15.1 Å². The van der Waals surface area contributed by atoms with Crippen LogP contribution < -0.4 is 10.2 Å². The van der Waals surface area contributed by atoms with E-state index in [0.717, 1.165) is 45.0 Å². The van der Waals surface area contributed by atoms with Gasteiger partial charge in [-0.3, -0.25) is 9.69 Å². The number of hydrogen-bond acceptors (Lipinski definition) is 5. The fourth-order valence-electron chi connectivity index (χ4n) is 4.19. The zero-order valence-electron chi connectivity index (χ0n) is 17.0. The topological polar surface area (TPSA) is 51.7 Å². The zero-order chi connectivity index (χ0) is 19.1. The number of carbonyl (C=O) groups is 1. The maximum Gasteiger partial charge on any atom is 0.252 e. The maximum atomic E-state index is 12.4. The van der Waals surface area contributed by atoms with Gasteiger partial charge in [0.05, 0.1) is 5.56 Å². The molecule has 0 aliphatic carbocycles. The van der Waals surface area contributed by atoms with Crippen molar-refractivity contribution in [3.8, 4) is 0 Å². The number of piperidine rings is 1. The number of nitrogens with zero attached hydrogens (tertiary/aromatic N) is 4. The van der Waals surface area contributed by atoms with Gasteiger partial charge in [0.25, 0.3) is 5.91 Å². The van der Waals surface area contributed by atoms with E-state index in [1.54, 1.807) is 6.20 Å². The minimum Gasteiger partial charge on any atom is -0.354 e. The van der Waals surface area contributed by atoms with E-state index in [9.17, 15) is 4.79 Å². The van der Waals surface area contributed by atoms with Crippen molar-refractivity contribution in [2.24, 2.45) is 0 Å². The van der Waals surface area contributed by atoms with E-state index in [0.29, 0.717) is 11.6 Å². The largest absolute Gasteiger partial charge is 0.354 e. The van der Waals surface area contributed by atoms with E-state index in [4.69, 9.17) is 0 Å². The van der Waals surface area contributed by atoms with E-state index in [-0.39, 0.29) is 5.91 Å². The van der Waals surface area contributed by atoms with E-state index < -0.39 is 0 Å². The third-order valence-electron chi connectivity index (χ3n) is 5.93. The van der Waals surface area contributed by atoms with Gasteiger partial charge in [-0.1, -0.05) is 13.3 Å². The Morgan fingerprint density at radius 2 is 2.00 bits per heavy atom. The number of amides is 1. The van der Waals surface area contributed by atoms with Crippen LogP contribution in [0.1, 0.15) is 49.4 Å². The number of carbonyl (C=O) groups excluding carboxylic acids is 1. The Balaban J connectivity index is 1.43. The molecule has 0 bridgehead atoms. The van der Waals surface area contributed by atoms with Crippen molar-refractivity contribution in [3.05, 3.63) is 23.9 Å². The number of piperazine rings is 1. The summed E-state index contributed by atoms with van der Waals surface area (Å²) in [6.45, 7) is 9.51. The number of likely N-dealkylation sites (tertiary alicyclic amines) is 1. The first-order valence-electron chi connectivity index (χ1n) is 10.6. The highest BCUT2D eigenvalue weighted by atomic mass is 16.1. The van der Waals surface area contributed by atoms with Crippen LogP contribution in [0.15, 0.2) is 18.3 Å². The SMILES string of the molecule is CCCN1CCN(c2ccc(C(=O)NCC[C@@H]3CCCCN3C)cn2)CC1. The van der Waals surface area contributed by atoms with Gasteiger partial charge in [-0.2, -0.15) is 0 Å². The molecule has 2 aliphatic rings. The average Bonchev–Trinajstić information content (AvgIpc) is 2.70. The van der Waals surface area contributed by atoms with Gasteiger partial charge in [0.2, 0.25) is 0 Å². The molecule has 27 heavy (non-hydrogen) atoms. The number of anilines is 1. The summed E-state index contributed by atoms with van der Waals surface area (Å²) in [7, 11) is 2.19. The monoisotopic (exact) mass is 373 g/mol. The number of hydrogen-bond donors (Lipinski definition) is 1. The summed E-state index contributed by atoms with van der Waals surface area (Å²) in [6.07, 6.45) is 7.80. The smallest absolute Gasteiger partial charge is 0.252 e. The van der Waals surface area contributed by atoms with E-state index >= 15 is 0 Å². The van der Waals surface area contributed by atoms with Gasteiger partial charge in [0.1, 0.15) is 5.82 Å². The van der Waals surface area contributed by atoms with E-state index in [2.05, 4.69) is 39.0 Å². The summed E-state index contributed by atoms with van der Waals surface area (Å²) < 4.78 is 0. The summed E-state index contributed by atoms with van der Waals surface area (Å²) in [5.74, 6) is 0.965. The van der Waals surface area contributed by atoms with Crippen LogP contribution in [0.3, 0.4) is 0 Å². The second kappa shape index (κ2) is 10.0. The van der Waals surface area contributed by atoms with Crippen LogP contribution in [0.25, 0.3) is 0 Å². The molecule has 0 radical (unpaired) electrons. The van der Waals surface area contributed by atoms with Crippen LogP contribution in [0.4, 0.5) is 5.82 Å². The van der Waals surface area contributed by atoms with Crippen molar-refractivity contribution in [1.29, 1.82) is 0 Å². The second-order valence-corrected chi connectivity index (χ2v) is 7.91. The summed E-state index contributed by atoms with van der Waals surface area (Å²) >= 11 is 0. The molecular formula is C21H35N5O. The molecule has 1 N–H and O–H groups in total. The summed E-state index contributed by atoms with van der Waals surface area (Å²) in [5.41, 5.74) is 0.653. The van der Waals surface area contributed by atoms with E-state index in [1.165, 1.54) is 38.8 Å². The molecule has 1 aromatic heterocycles. The van der Waals surface area contributed by atoms with Gasteiger partial charge in [-0.15, -0.1) is 0 Å². The predicted octanol–water partition coefficient (Wildman–Crippen LogP) is 2.22. The first kappa shape index (κ1) is 20.1. The van der Waals surface area contributed by atoms with Crippen LogP contribution in [-0.4, -0.2) is 79.6 Å². The Morgan fingerprint density at radius 3 is 2.67 bits per heavy atom. The Hall–Kier alpha value is -1.66. The molecule has 6 nitrogen and oxygen atoms in total. The van der Waals surface area contributed by atoms with Crippen LogP contribution in [0.2, 0.25) is 0 Å². The molecule has 0 spiro atoms. The van der Waals surface area contributed by atoms with Crippen molar-refractivity contribution in [2.45, 2.75) is 45.1 Å². The summed E-state index contributed by atoms with van der Waals surface area (Å²) in [4.78, 5) is 24.2. The van der Waals surface area contributed by atoms with Crippen LogP contribution in [-0.2, 0) is 0 Å². The minimum absolute atomic E-state index is 0.0136. The molecule has 3 heterocycles. The Bertz CT molecular complexity index is 583. The highest BCUT2D eigenvalue weighted by Crippen LogP contribution is 2.17. The van der Waals surface area contributed by atoms with Gasteiger partial charge >= 0.3 is 0 Å². The lowest BCUT2D eigenvalue weighted by Gasteiger charge is -2.35. The maximum absolute atomic E-state index is 12.4. The fourth-order valence-corrected chi connectivity index (χ4v) is 4.19. The second-order valence-electron chi connectivity index (χ2n) is 7.91. The number of nitrogens with one attached hydrogen (secondary N) is 1. The number of pyridine rings is 1. The van der Waals surface area contributed by atoms with Crippen molar-refractivity contribution >= 4 is 11.7 Å². The predicted molar refractivity (Wildman–Crippen MR) is 110 cm³/mol. The van der Waals surface area contributed by atoms with Crippen molar-refractivity contribution in [1.82, 2.24) is 20.1 Å². The molecule has 3 rings (SSSR count). The molecule has 1 amide bonds. The Morgan fingerprint density at radius 1 is 1.19 bits per heavy atom. The third kappa shape index (κ3) is 5.66. The fraction of sp³-hybridized carbons (Fsp3) is 0.714. The van der Waals surface area contributed by atoms with Gasteiger partial charge in [-0.05, 0) is 58.0 Å². The average molecular weight is 374 g/mol. The van der Waals surface area contributed by atoms with Crippen LogP contribution in [0.5, 0.6) is 0 Å². The molecule has 0 aromatic carbocycles. The minimum atomic E-state index is -0.0136. The summed E-state index contributed by atoms with van der Waals surface area (Å²) in [6, 6.07) is 4.49. The quantitative estimate of drug-likeness (QED) is 0.794. The first-order chi connectivity index (χ1) is 13.2. The zero-order valence-corrected chi connectivity index (χ0v) is 17.0. The first-order valence-corrected chi connectivity index (χ1v) is 10.6. The van der Waals surface area contributed by atoms with Crippen molar-refractivity contribution < 1.29 is 4.79 Å². The third-order valence-corrected chi connectivity index (χ3v) is 5.93. The highest BCUT2D eigenvalue weighted by molar-refractivity contribution is 5.94. The lowest BCUT2D eigenvalue weighted by atomic mass is 10.0. The molecular weight excluding hydrogens is 338 g/mol. The molecule has 0 saturated carbocycles. The molecule has 1 atom stereocenters.